The number of hydrogen-bond donors (Lipinski definition) is 0. The Balaban J connectivity index is 2.51. The van der Waals surface area contributed by atoms with E-state index in [9.17, 15) is 4.79 Å². The van der Waals surface area contributed by atoms with Crippen molar-refractivity contribution in [1.29, 1.82) is 0 Å². The summed E-state index contributed by atoms with van der Waals surface area (Å²) >= 11 is 0. The molecule has 1 heteroatoms. The Hall–Kier alpha value is -1.89. The summed E-state index contributed by atoms with van der Waals surface area (Å²) in [6.07, 6.45) is 4.75. The molecule has 1 nitrogen and oxygen atoms in total. The van der Waals surface area contributed by atoms with Crippen molar-refractivity contribution in [2.24, 2.45) is 0 Å². The zero-order valence-electron chi connectivity index (χ0n) is 15.8. The molecule has 0 unspecified atom stereocenters. The summed E-state index contributed by atoms with van der Waals surface area (Å²) in [5, 5.41) is 0. The van der Waals surface area contributed by atoms with Gasteiger partial charge in [-0.25, -0.2) is 0 Å². The van der Waals surface area contributed by atoms with E-state index in [1.54, 1.807) is 0 Å². The lowest BCUT2D eigenvalue weighted by Gasteiger charge is -2.25. The number of carbonyl (C=O) groups is 1. The number of rotatable bonds is 6. The minimum atomic E-state index is 0.120. The summed E-state index contributed by atoms with van der Waals surface area (Å²) < 4.78 is 0. The van der Waals surface area contributed by atoms with E-state index in [4.69, 9.17) is 0 Å². The predicted molar refractivity (Wildman–Crippen MR) is 104 cm³/mol. The van der Waals surface area contributed by atoms with E-state index in [-0.39, 0.29) is 5.41 Å². The Morgan fingerprint density at radius 1 is 0.958 bits per heavy atom. The average molecular weight is 322 g/mol. The molecule has 2 aromatic rings. The molecule has 0 saturated carbocycles. The van der Waals surface area contributed by atoms with Crippen LogP contribution in [0.15, 0.2) is 36.4 Å². The maximum atomic E-state index is 10.6. The smallest absolute Gasteiger partial charge is 0.119 e. The Morgan fingerprint density at radius 2 is 1.62 bits per heavy atom. The molecule has 0 bridgehead atoms. The van der Waals surface area contributed by atoms with Gasteiger partial charge in [-0.05, 0) is 60.8 Å². The monoisotopic (exact) mass is 322 g/mol. The van der Waals surface area contributed by atoms with Crippen molar-refractivity contribution in [3.05, 3.63) is 58.7 Å². The second-order valence-electron chi connectivity index (χ2n) is 7.87. The Bertz CT molecular complexity index is 684. The quantitative estimate of drug-likeness (QED) is 0.458. The fraction of sp³-hybridized carbons (Fsp3) is 0.435. The van der Waals surface area contributed by atoms with Crippen molar-refractivity contribution < 1.29 is 4.79 Å². The van der Waals surface area contributed by atoms with Gasteiger partial charge in [0.1, 0.15) is 6.29 Å². The van der Waals surface area contributed by atoms with Crippen LogP contribution in [0.1, 0.15) is 62.3 Å². The molecule has 2 rings (SSSR count). The summed E-state index contributed by atoms with van der Waals surface area (Å²) in [4.78, 5) is 10.6. The highest BCUT2D eigenvalue weighted by atomic mass is 16.1. The lowest BCUT2D eigenvalue weighted by molar-refractivity contribution is -0.107. The molecule has 0 amide bonds. The summed E-state index contributed by atoms with van der Waals surface area (Å²) in [5.74, 6) is 0. The maximum Gasteiger partial charge on any atom is 0.119 e. The lowest BCUT2D eigenvalue weighted by Crippen LogP contribution is -2.15. The molecule has 0 radical (unpaired) electrons. The number of aryl methyl sites for hydroxylation is 2. The molecule has 2 aromatic carbocycles. The molecule has 0 aliphatic rings. The third-order valence-electron chi connectivity index (χ3n) is 4.52. The van der Waals surface area contributed by atoms with Gasteiger partial charge in [-0.3, -0.25) is 0 Å². The molecule has 24 heavy (non-hydrogen) atoms. The fourth-order valence-corrected chi connectivity index (χ4v) is 3.49. The van der Waals surface area contributed by atoms with Crippen LogP contribution in [0.3, 0.4) is 0 Å². The van der Waals surface area contributed by atoms with Crippen LogP contribution in [0.25, 0.3) is 11.1 Å². The highest BCUT2D eigenvalue weighted by Crippen LogP contribution is 2.35. The predicted octanol–water partition coefficient (Wildman–Crippen LogP) is 6.18. The topological polar surface area (TPSA) is 17.1 Å². The highest BCUT2D eigenvalue weighted by molar-refractivity contribution is 5.70. The largest absolute Gasteiger partial charge is 0.303 e. The Labute approximate surface area is 147 Å². The third-order valence-corrected chi connectivity index (χ3v) is 4.52. The molecule has 0 fully saturated rings. The first-order valence-electron chi connectivity index (χ1n) is 8.97. The first-order valence-corrected chi connectivity index (χ1v) is 8.97. The van der Waals surface area contributed by atoms with Gasteiger partial charge >= 0.3 is 0 Å². The molecular weight excluding hydrogens is 292 g/mol. The van der Waals surface area contributed by atoms with Gasteiger partial charge < -0.3 is 4.79 Å². The van der Waals surface area contributed by atoms with Gasteiger partial charge in [0.2, 0.25) is 0 Å². The number of aldehydes is 1. The number of carbonyl (C=O) groups excluding carboxylic acids is 1. The minimum absolute atomic E-state index is 0.120. The normalized spacial score (nSPS) is 11.5. The zero-order valence-corrected chi connectivity index (χ0v) is 15.8. The van der Waals surface area contributed by atoms with Crippen molar-refractivity contribution in [3.63, 3.8) is 0 Å². The standard InChI is InChI=1S/C23H30O/c1-17-14-18(2)16-19(15-17)20-11-9-12-22(23(3,4)5)21(20)10-7-6-8-13-24/h9,11-16H,6-8,10H2,1-5H3. The SMILES string of the molecule is Cc1cc(C)cc(-c2cccc(C(C)(C)C)c2CCCCC=O)c1. The van der Waals surface area contributed by atoms with Crippen LogP contribution < -0.4 is 0 Å². The first-order chi connectivity index (χ1) is 11.3. The molecular formula is C23H30O. The summed E-state index contributed by atoms with van der Waals surface area (Å²) in [7, 11) is 0. The Kier molecular flexibility index (Phi) is 5.99. The van der Waals surface area contributed by atoms with Crippen molar-refractivity contribution >= 4 is 6.29 Å². The maximum absolute atomic E-state index is 10.6. The van der Waals surface area contributed by atoms with Crippen LogP contribution in [0.4, 0.5) is 0 Å². The van der Waals surface area contributed by atoms with Crippen molar-refractivity contribution in [2.75, 3.05) is 0 Å². The van der Waals surface area contributed by atoms with E-state index in [1.807, 2.05) is 0 Å². The number of benzene rings is 2. The van der Waals surface area contributed by atoms with Gasteiger partial charge in [-0.1, -0.05) is 68.3 Å². The summed E-state index contributed by atoms with van der Waals surface area (Å²) in [6.45, 7) is 11.2. The van der Waals surface area contributed by atoms with E-state index in [0.29, 0.717) is 6.42 Å². The van der Waals surface area contributed by atoms with Crippen molar-refractivity contribution in [2.45, 2.75) is 65.7 Å². The average Bonchev–Trinajstić information content (AvgIpc) is 2.49. The molecule has 128 valence electrons. The summed E-state index contributed by atoms with van der Waals surface area (Å²) in [6, 6.07) is 13.5. The van der Waals surface area contributed by atoms with Crippen LogP contribution in [-0.2, 0) is 16.6 Å². The van der Waals surface area contributed by atoms with Crippen LogP contribution in [0.2, 0.25) is 0 Å². The Morgan fingerprint density at radius 3 is 2.21 bits per heavy atom. The van der Waals surface area contributed by atoms with E-state index < -0.39 is 0 Å². The molecule has 0 aliphatic carbocycles. The van der Waals surface area contributed by atoms with Gasteiger partial charge in [0.05, 0.1) is 0 Å². The fourth-order valence-electron chi connectivity index (χ4n) is 3.49. The van der Waals surface area contributed by atoms with E-state index in [2.05, 4.69) is 71.0 Å². The number of unbranched alkanes of at least 4 members (excludes halogenated alkanes) is 2. The zero-order chi connectivity index (χ0) is 17.7. The van der Waals surface area contributed by atoms with Gasteiger partial charge in [0.25, 0.3) is 0 Å². The minimum Gasteiger partial charge on any atom is -0.303 e. The molecule has 0 atom stereocenters. The van der Waals surface area contributed by atoms with Crippen LogP contribution in [0, 0.1) is 13.8 Å². The second-order valence-corrected chi connectivity index (χ2v) is 7.87. The summed E-state index contributed by atoms with van der Waals surface area (Å²) in [5.41, 5.74) is 8.25. The van der Waals surface area contributed by atoms with E-state index >= 15 is 0 Å². The van der Waals surface area contributed by atoms with Crippen LogP contribution >= 0.6 is 0 Å². The first kappa shape index (κ1) is 18.4. The van der Waals surface area contributed by atoms with Gasteiger partial charge in [-0.15, -0.1) is 0 Å². The van der Waals surface area contributed by atoms with Gasteiger partial charge in [0.15, 0.2) is 0 Å². The molecule has 0 N–H and O–H groups in total. The molecule has 0 spiro atoms. The van der Waals surface area contributed by atoms with Gasteiger partial charge in [0, 0.05) is 6.42 Å². The van der Waals surface area contributed by atoms with Crippen LogP contribution in [0.5, 0.6) is 0 Å². The number of hydrogen-bond acceptors (Lipinski definition) is 1. The van der Waals surface area contributed by atoms with E-state index in [1.165, 1.54) is 33.4 Å². The van der Waals surface area contributed by atoms with E-state index in [0.717, 1.165) is 25.5 Å². The second kappa shape index (κ2) is 7.79. The highest BCUT2D eigenvalue weighted by Gasteiger charge is 2.20. The van der Waals surface area contributed by atoms with Gasteiger partial charge in [-0.2, -0.15) is 0 Å². The van der Waals surface area contributed by atoms with Crippen LogP contribution in [-0.4, -0.2) is 6.29 Å². The molecule has 0 aromatic heterocycles. The van der Waals surface area contributed by atoms with Crippen molar-refractivity contribution in [1.82, 2.24) is 0 Å². The third kappa shape index (κ3) is 4.56. The molecule has 0 saturated heterocycles. The lowest BCUT2D eigenvalue weighted by atomic mass is 9.79. The molecule has 0 aliphatic heterocycles. The molecule has 0 heterocycles. The van der Waals surface area contributed by atoms with Crippen molar-refractivity contribution in [3.8, 4) is 11.1 Å².